The summed E-state index contributed by atoms with van der Waals surface area (Å²) in [6.45, 7) is 1.86. The lowest BCUT2D eigenvalue weighted by Crippen LogP contribution is -2.14. The minimum atomic E-state index is -3.68. The molecule has 0 amide bonds. The summed E-state index contributed by atoms with van der Waals surface area (Å²) in [4.78, 5) is 11.3. The molecule has 0 unspecified atom stereocenters. The number of carbonyl (C=O) groups is 1. The molecule has 0 bridgehead atoms. The van der Waals surface area contributed by atoms with Crippen LogP contribution < -0.4 is 0 Å². The van der Waals surface area contributed by atoms with E-state index in [2.05, 4.69) is 0 Å². The largest absolute Gasteiger partial charge is 0.466 e. The summed E-state index contributed by atoms with van der Waals surface area (Å²) in [7, 11) is -3.68. The summed E-state index contributed by atoms with van der Waals surface area (Å²) in [6, 6.07) is 8.72. The predicted molar refractivity (Wildman–Crippen MR) is 77.2 cm³/mol. The van der Waals surface area contributed by atoms with Crippen molar-refractivity contribution in [3.8, 4) is 0 Å². The molecule has 0 aliphatic heterocycles. The van der Waals surface area contributed by atoms with Crippen molar-refractivity contribution >= 4 is 26.6 Å². The van der Waals surface area contributed by atoms with Crippen LogP contribution in [0.2, 0.25) is 0 Å². The highest BCUT2D eigenvalue weighted by Crippen LogP contribution is 2.26. The fraction of sp³-hybridized carbons (Fsp3) is 0.267. The van der Waals surface area contributed by atoms with Gasteiger partial charge in [0.1, 0.15) is 5.82 Å². The molecule has 2 rings (SSSR count). The van der Waals surface area contributed by atoms with E-state index < -0.39 is 21.6 Å². The first-order valence-electron chi connectivity index (χ1n) is 6.51. The van der Waals surface area contributed by atoms with Crippen molar-refractivity contribution in [2.24, 2.45) is 0 Å². The van der Waals surface area contributed by atoms with E-state index in [1.54, 1.807) is 25.1 Å². The zero-order chi connectivity index (χ0) is 15.5. The maximum absolute atomic E-state index is 13.7. The Morgan fingerprint density at radius 1 is 1.14 bits per heavy atom. The van der Waals surface area contributed by atoms with Gasteiger partial charge in [0.25, 0.3) is 0 Å². The van der Waals surface area contributed by atoms with Gasteiger partial charge in [-0.25, -0.2) is 12.8 Å². The second kappa shape index (κ2) is 6.22. The molecule has 112 valence electrons. The monoisotopic (exact) mass is 310 g/mol. The molecular weight excluding hydrogens is 295 g/mol. The number of sulfone groups is 1. The van der Waals surface area contributed by atoms with Crippen LogP contribution in [0.4, 0.5) is 4.39 Å². The molecule has 21 heavy (non-hydrogen) atoms. The van der Waals surface area contributed by atoms with E-state index in [9.17, 15) is 17.6 Å². The number of halogens is 1. The molecule has 0 aliphatic carbocycles. The third-order valence-corrected chi connectivity index (χ3v) is 4.81. The van der Waals surface area contributed by atoms with Crippen molar-refractivity contribution in [2.45, 2.75) is 18.2 Å². The van der Waals surface area contributed by atoms with Gasteiger partial charge in [-0.3, -0.25) is 4.79 Å². The Labute approximate surface area is 122 Å². The first kappa shape index (κ1) is 15.4. The molecule has 0 atom stereocenters. The van der Waals surface area contributed by atoms with Crippen LogP contribution in [0, 0.1) is 5.82 Å². The first-order valence-corrected chi connectivity index (χ1v) is 8.16. The predicted octanol–water partition coefficient (Wildman–Crippen LogP) is 2.71. The molecule has 0 saturated heterocycles. The fourth-order valence-electron chi connectivity index (χ4n) is 2.07. The van der Waals surface area contributed by atoms with Gasteiger partial charge in [-0.1, -0.05) is 24.3 Å². The average molecular weight is 310 g/mol. The summed E-state index contributed by atoms with van der Waals surface area (Å²) in [6.07, 6.45) is -0.220. The lowest BCUT2D eigenvalue weighted by atomic mass is 10.1. The molecule has 0 heterocycles. The molecule has 0 aromatic heterocycles. The molecule has 0 fully saturated rings. The summed E-state index contributed by atoms with van der Waals surface area (Å²) >= 11 is 0. The molecule has 6 heteroatoms. The lowest BCUT2D eigenvalue weighted by molar-refractivity contribution is -0.142. The normalized spacial score (nSPS) is 11.5. The van der Waals surface area contributed by atoms with Crippen LogP contribution in [0.3, 0.4) is 0 Å². The molecule has 2 aromatic rings. The standard InChI is InChI=1S/C15H15FO4S/c1-2-20-15(17)9-10-21(18,19)14-8-7-13(16)11-5-3-4-6-12(11)14/h3-8H,2,9-10H2,1H3. The van der Waals surface area contributed by atoms with E-state index in [-0.39, 0.29) is 29.1 Å². The second-order valence-corrected chi connectivity index (χ2v) is 6.54. The van der Waals surface area contributed by atoms with E-state index in [1.807, 2.05) is 0 Å². The average Bonchev–Trinajstić information content (AvgIpc) is 2.46. The Morgan fingerprint density at radius 2 is 1.81 bits per heavy atom. The Hall–Kier alpha value is -1.95. The number of fused-ring (bicyclic) bond motifs is 1. The van der Waals surface area contributed by atoms with Crippen molar-refractivity contribution in [1.82, 2.24) is 0 Å². The SMILES string of the molecule is CCOC(=O)CCS(=O)(=O)c1ccc(F)c2ccccc12. The maximum Gasteiger partial charge on any atom is 0.306 e. The summed E-state index contributed by atoms with van der Waals surface area (Å²) in [5.41, 5.74) is 0. The van der Waals surface area contributed by atoms with Gasteiger partial charge in [-0.2, -0.15) is 0 Å². The highest BCUT2D eigenvalue weighted by molar-refractivity contribution is 7.91. The van der Waals surface area contributed by atoms with Crippen molar-refractivity contribution in [3.05, 3.63) is 42.2 Å². The lowest BCUT2D eigenvalue weighted by Gasteiger charge is -2.08. The molecule has 0 radical (unpaired) electrons. The van der Waals surface area contributed by atoms with Crippen molar-refractivity contribution < 1.29 is 22.3 Å². The highest BCUT2D eigenvalue weighted by atomic mass is 32.2. The van der Waals surface area contributed by atoms with E-state index in [1.165, 1.54) is 12.1 Å². The number of carbonyl (C=O) groups excluding carboxylic acids is 1. The number of hydrogen-bond donors (Lipinski definition) is 0. The van der Waals surface area contributed by atoms with Gasteiger partial charge in [-0.15, -0.1) is 0 Å². The topological polar surface area (TPSA) is 60.4 Å². The van der Waals surface area contributed by atoms with E-state index in [0.717, 1.165) is 6.07 Å². The van der Waals surface area contributed by atoms with Crippen LogP contribution in [0.5, 0.6) is 0 Å². The number of hydrogen-bond acceptors (Lipinski definition) is 4. The van der Waals surface area contributed by atoms with Gasteiger partial charge in [-0.05, 0) is 19.1 Å². The minimum Gasteiger partial charge on any atom is -0.466 e. The number of esters is 1. The first-order chi connectivity index (χ1) is 9.95. The maximum atomic E-state index is 13.7. The molecule has 0 N–H and O–H groups in total. The Balaban J connectivity index is 2.37. The van der Waals surface area contributed by atoms with Crippen LogP contribution in [0.25, 0.3) is 10.8 Å². The third-order valence-electron chi connectivity index (χ3n) is 3.05. The number of benzene rings is 2. The van der Waals surface area contributed by atoms with Gasteiger partial charge >= 0.3 is 5.97 Å². The zero-order valence-corrected chi connectivity index (χ0v) is 12.3. The van der Waals surface area contributed by atoms with E-state index in [0.29, 0.717) is 5.39 Å². The summed E-state index contributed by atoms with van der Waals surface area (Å²) in [5, 5.41) is 0.566. The molecule has 0 saturated carbocycles. The number of rotatable bonds is 5. The van der Waals surface area contributed by atoms with Crippen LogP contribution in [0.15, 0.2) is 41.3 Å². The van der Waals surface area contributed by atoms with Gasteiger partial charge in [0.2, 0.25) is 0 Å². The van der Waals surface area contributed by atoms with E-state index >= 15 is 0 Å². The molecular formula is C15H15FO4S. The van der Waals surface area contributed by atoms with Crippen LogP contribution in [0.1, 0.15) is 13.3 Å². The zero-order valence-electron chi connectivity index (χ0n) is 11.5. The molecule has 2 aromatic carbocycles. The van der Waals surface area contributed by atoms with Crippen LogP contribution >= 0.6 is 0 Å². The second-order valence-electron chi connectivity index (χ2n) is 4.46. The highest BCUT2D eigenvalue weighted by Gasteiger charge is 2.20. The van der Waals surface area contributed by atoms with Crippen molar-refractivity contribution in [2.75, 3.05) is 12.4 Å². The van der Waals surface area contributed by atoms with Gasteiger partial charge in [0, 0.05) is 10.8 Å². The van der Waals surface area contributed by atoms with Crippen LogP contribution in [-0.4, -0.2) is 26.7 Å². The molecule has 4 nitrogen and oxygen atoms in total. The van der Waals surface area contributed by atoms with Gasteiger partial charge < -0.3 is 4.74 Å². The molecule has 0 aliphatic rings. The van der Waals surface area contributed by atoms with Crippen molar-refractivity contribution in [3.63, 3.8) is 0 Å². The smallest absolute Gasteiger partial charge is 0.306 e. The summed E-state index contributed by atoms with van der Waals surface area (Å²) in [5.74, 6) is -1.40. The van der Waals surface area contributed by atoms with E-state index in [4.69, 9.17) is 4.74 Å². The number of ether oxygens (including phenoxy) is 1. The minimum absolute atomic E-state index is 0.0313. The van der Waals surface area contributed by atoms with Crippen LogP contribution in [-0.2, 0) is 19.4 Å². The van der Waals surface area contributed by atoms with Gasteiger partial charge in [0.05, 0.1) is 23.7 Å². The van der Waals surface area contributed by atoms with Gasteiger partial charge in [0.15, 0.2) is 9.84 Å². The molecule has 0 spiro atoms. The quantitative estimate of drug-likeness (QED) is 0.629. The van der Waals surface area contributed by atoms with Crippen molar-refractivity contribution in [1.29, 1.82) is 0 Å². The Bertz CT molecular complexity index is 768. The third kappa shape index (κ3) is 3.39. The Kier molecular flexibility index (Phi) is 4.57. The Morgan fingerprint density at radius 3 is 2.48 bits per heavy atom. The summed E-state index contributed by atoms with van der Waals surface area (Å²) < 4.78 is 43.1. The fourth-order valence-corrected chi connectivity index (χ4v) is 3.51.